The number of ether oxygens (including phenoxy) is 1. The van der Waals surface area contributed by atoms with Crippen molar-refractivity contribution in [3.8, 4) is 5.75 Å². The number of nitrogens with zero attached hydrogens (tertiary/aromatic N) is 2. The van der Waals surface area contributed by atoms with E-state index in [1.54, 1.807) is 25.3 Å². The number of benzene rings is 1. The number of halogens is 1. The smallest absolute Gasteiger partial charge is 0.265 e. The van der Waals surface area contributed by atoms with Crippen molar-refractivity contribution in [1.29, 1.82) is 0 Å². The highest BCUT2D eigenvalue weighted by Gasteiger charge is 2.15. The molecule has 0 aliphatic carbocycles. The first-order valence-electron chi connectivity index (χ1n) is 6.07. The highest BCUT2D eigenvalue weighted by atomic mass is 35.5. The number of aryl methyl sites for hydroxylation is 1. The largest absolute Gasteiger partial charge is 0.496 e. The van der Waals surface area contributed by atoms with Crippen LogP contribution in [-0.4, -0.2) is 22.6 Å². The SMILES string of the molecule is CCc1nnsc1C(=O)NCc1cc(Cl)ccc1OC. The Hall–Kier alpha value is -1.66. The van der Waals surface area contributed by atoms with Crippen LogP contribution in [0, 0.1) is 0 Å². The average Bonchev–Trinajstić information content (AvgIpc) is 2.93. The molecule has 0 aliphatic heterocycles. The van der Waals surface area contributed by atoms with Gasteiger partial charge in [-0.1, -0.05) is 23.0 Å². The van der Waals surface area contributed by atoms with Gasteiger partial charge in [0.15, 0.2) is 0 Å². The summed E-state index contributed by atoms with van der Waals surface area (Å²) in [4.78, 5) is 12.6. The molecule has 2 rings (SSSR count). The Labute approximate surface area is 126 Å². The second-order valence-corrected chi connectivity index (χ2v) is 5.23. The van der Waals surface area contributed by atoms with Crippen molar-refractivity contribution in [3.63, 3.8) is 0 Å². The predicted molar refractivity (Wildman–Crippen MR) is 78.5 cm³/mol. The highest BCUT2D eigenvalue weighted by Crippen LogP contribution is 2.22. The first-order valence-corrected chi connectivity index (χ1v) is 7.22. The van der Waals surface area contributed by atoms with Crippen molar-refractivity contribution in [3.05, 3.63) is 39.4 Å². The van der Waals surface area contributed by atoms with Gasteiger partial charge in [-0.3, -0.25) is 4.79 Å². The number of nitrogens with one attached hydrogen (secondary N) is 1. The van der Waals surface area contributed by atoms with Crippen LogP contribution in [0.15, 0.2) is 18.2 Å². The van der Waals surface area contributed by atoms with Crippen LogP contribution in [0.5, 0.6) is 5.75 Å². The maximum absolute atomic E-state index is 12.1. The second-order valence-electron chi connectivity index (χ2n) is 4.04. The van der Waals surface area contributed by atoms with Crippen molar-refractivity contribution < 1.29 is 9.53 Å². The number of amides is 1. The van der Waals surface area contributed by atoms with Crippen molar-refractivity contribution in [1.82, 2.24) is 14.9 Å². The van der Waals surface area contributed by atoms with Crippen LogP contribution in [0.1, 0.15) is 27.9 Å². The lowest BCUT2D eigenvalue weighted by Crippen LogP contribution is -2.23. The molecular weight excluding hydrogens is 298 g/mol. The number of aromatic nitrogens is 2. The van der Waals surface area contributed by atoms with Crippen molar-refractivity contribution in [2.45, 2.75) is 19.9 Å². The van der Waals surface area contributed by atoms with E-state index in [0.29, 0.717) is 34.3 Å². The lowest BCUT2D eigenvalue weighted by atomic mass is 10.2. The topological polar surface area (TPSA) is 64.1 Å². The van der Waals surface area contributed by atoms with E-state index in [2.05, 4.69) is 14.9 Å². The van der Waals surface area contributed by atoms with Gasteiger partial charge in [0.05, 0.1) is 12.8 Å². The predicted octanol–water partition coefficient (Wildman–Crippen LogP) is 2.69. The summed E-state index contributed by atoms with van der Waals surface area (Å²) in [5.74, 6) is 0.506. The van der Waals surface area contributed by atoms with Crippen molar-refractivity contribution in [2.75, 3.05) is 7.11 Å². The van der Waals surface area contributed by atoms with E-state index in [1.165, 1.54) is 0 Å². The maximum atomic E-state index is 12.1. The van der Waals surface area contributed by atoms with E-state index in [-0.39, 0.29) is 5.91 Å². The first-order chi connectivity index (χ1) is 9.65. The monoisotopic (exact) mass is 311 g/mol. The molecular formula is C13H14ClN3O2S. The standard InChI is InChI=1S/C13H14ClN3O2S/c1-3-10-12(20-17-16-10)13(18)15-7-8-6-9(14)4-5-11(8)19-2/h4-6H,3,7H2,1-2H3,(H,15,18). The summed E-state index contributed by atoms with van der Waals surface area (Å²) in [7, 11) is 1.58. The van der Waals surface area contributed by atoms with E-state index in [0.717, 1.165) is 17.1 Å². The van der Waals surface area contributed by atoms with Crippen molar-refractivity contribution in [2.24, 2.45) is 0 Å². The Bertz CT molecular complexity index is 615. The molecule has 106 valence electrons. The van der Waals surface area contributed by atoms with Crippen LogP contribution in [0.4, 0.5) is 0 Å². The third-order valence-corrected chi connectivity index (χ3v) is 3.78. The number of carbonyl (C=O) groups is 1. The van der Waals surface area contributed by atoms with Gasteiger partial charge in [0.2, 0.25) is 0 Å². The normalized spacial score (nSPS) is 10.3. The Kier molecular flexibility index (Phi) is 4.92. The molecule has 0 fully saturated rings. The minimum atomic E-state index is -0.182. The quantitative estimate of drug-likeness (QED) is 0.922. The molecule has 0 radical (unpaired) electrons. The number of hydrogen-bond donors (Lipinski definition) is 1. The van der Waals surface area contributed by atoms with Crippen LogP contribution in [-0.2, 0) is 13.0 Å². The molecule has 20 heavy (non-hydrogen) atoms. The number of hydrogen-bond acceptors (Lipinski definition) is 5. The first kappa shape index (κ1) is 14.7. The molecule has 1 aromatic heterocycles. The molecule has 0 unspecified atom stereocenters. The van der Waals surface area contributed by atoms with Crippen molar-refractivity contribution >= 4 is 29.0 Å². The van der Waals surface area contributed by atoms with Gasteiger partial charge in [-0.05, 0) is 36.2 Å². The molecule has 0 bridgehead atoms. The lowest BCUT2D eigenvalue weighted by Gasteiger charge is -2.09. The summed E-state index contributed by atoms with van der Waals surface area (Å²) in [6.45, 7) is 2.27. The molecule has 1 aromatic carbocycles. The van der Waals surface area contributed by atoms with Gasteiger partial charge in [-0.25, -0.2) is 0 Å². The lowest BCUT2D eigenvalue weighted by molar-refractivity contribution is 0.0953. The van der Waals surface area contributed by atoms with E-state index < -0.39 is 0 Å². The van der Waals surface area contributed by atoms with E-state index >= 15 is 0 Å². The van der Waals surface area contributed by atoms with E-state index in [1.807, 2.05) is 6.92 Å². The second kappa shape index (κ2) is 6.67. The fraction of sp³-hybridized carbons (Fsp3) is 0.308. The highest BCUT2D eigenvalue weighted by molar-refractivity contribution is 7.08. The zero-order valence-electron chi connectivity index (χ0n) is 11.1. The molecule has 1 heterocycles. The summed E-state index contributed by atoms with van der Waals surface area (Å²) >= 11 is 7.05. The number of rotatable bonds is 5. The van der Waals surface area contributed by atoms with Gasteiger partial charge in [0.25, 0.3) is 5.91 Å². The summed E-state index contributed by atoms with van der Waals surface area (Å²) < 4.78 is 9.04. The van der Waals surface area contributed by atoms with Gasteiger partial charge in [0, 0.05) is 17.1 Å². The maximum Gasteiger partial charge on any atom is 0.265 e. The third-order valence-electron chi connectivity index (χ3n) is 2.78. The Balaban J connectivity index is 2.09. The van der Waals surface area contributed by atoms with Gasteiger partial charge in [0.1, 0.15) is 10.6 Å². The Morgan fingerprint density at radius 1 is 1.50 bits per heavy atom. The molecule has 0 saturated carbocycles. The third kappa shape index (κ3) is 3.26. The molecule has 7 heteroatoms. The molecule has 0 aliphatic rings. The Morgan fingerprint density at radius 3 is 3.00 bits per heavy atom. The fourth-order valence-corrected chi connectivity index (χ4v) is 2.61. The fourth-order valence-electron chi connectivity index (χ4n) is 1.75. The molecule has 1 N–H and O–H groups in total. The van der Waals surface area contributed by atoms with E-state index in [9.17, 15) is 4.79 Å². The minimum Gasteiger partial charge on any atom is -0.496 e. The molecule has 0 atom stereocenters. The van der Waals surface area contributed by atoms with Gasteiger partial charge >= 0.3 is 0 Å². The van der Waals surface area contributed by atoms with Crippen LogP contribution < -0.4 is 10.1 Å². The minimum absolute atomic E-state index is 0.182. The molecule has 0 saturated heterocycles. The summed E-state index contributed by atoms with van der Waals surface area (Å²) in [6, 6.07) is 5.29. The Morgan fingerprint density at radius 2 is 2.30 bits per heavy atom. The van der Waals surface area contributed by atoms with Crippen LogP contribution in [0.2, 0.25) is 5.02 Å². The van der Waals surface area contributed by atoms with Gasteiger partial charge in [-0.2, -0.15) is 0 Å². The number of methoxy groups -OCH3 is 1. The van der Waals surface area contributed by atoms with Crippen LogP contribution in [0.3, 0.4) is 0 Å². The number of carbonyl (C=O) groups excluding carboxylic acids is 1. The summed E-state index contributed by atoms with van der Waals surface area (Å²) in [6.07, 6.45) is 0.680. The summed E-state index contributed by atoms with van der Waals surface area (Å²) in [5.41, 5.74) is 1.54. The average molecular weight is 312 g/mol. The molecule has 5 nitrogen and oxygen atoms in total. The van der Waals surface area contributed by atoms with Crippen LogP contribution in [0.25, 0.3) is 0 Å². The molecule has 0 spiro atoms. The molecule has 1 amide bonds. The zero-order valence-corrected chi connectivity index (χ0v) is 12.7. The van der Waals surface area contributed by atoms with E-state index in [4.69, 9.17) is 16.3 Å². The summed E-state index contributed by atoms with van der Waals surface area (Å²) in [5, 5.41) is 7.35. The van der Waals surface area contributed by atoms with Crippen LogP contribution >= 0.6 is 23.1 Å². The molecule has 2 aromatic rings. The van der Waals surface area contributed by atoms with Gasteiger partial charge in [-0.15, -0.1) is 5.10 Å². The van der Waals surface area contributed by atoms with Gasteiger partial charge < -0.3 is 10.1 Å². The zero-order chi connectivity index (χ0) is 14.5.